The summed E-state index contributed by atoms with van der Waals surface area (Å²) < 4.78 is 139. The number of rotatable bonds is 34. The molecule has 3 N–H and O–H groups in total. The highest BCUT2D eigenvalue weighted by molar-refractivity contribution is 7.86. The number of carbonyl (C=O) groups is 1. The van der Waals surface area contributed by atoms with Gasteiger partial charge < -0.3 is 43.0 Å². The van der Waals surface area contributed by atoms with E-state index < -0.39 is 57.8 Å². The highest BCUT2D eigenvalue weighted by atomic mass is 32.2. The third-order valence-electron chi connectivity index (χ3n) is 12.1. The molecule has 0 saturated carbocycles. The average molecular weight is 1040 g/mol. The Balaban J connectivity index is 1.60. The molecule has 2 aliphatic rings. The molecule has 2 heterocycles. The van der Waals surface area contributed by atoms with Crippen LogP contribution in [0.25, 0.3) is 0 Å². The lowest BCUT2D eigenvalue weighted by Gasteiger charge is -2.30. The normalized spacial score (nSPS) is 19.2. The molecular formula is C48H68N2O17S3. The van der Waals surface area contributed by atoms with Crippen molar-refractivity contribution in [3.05, 3.63) is 95.8 Å². The van der Waals surface area contributed by atoms with E-state index in [1.807, 2.05) is 36.7 Å². The second kappa shape index (κ2) is 27.6. The van der Waals surface area contributed by atoms with Crippen LogP contribution in [0, 0.1) is 0 Å². The summed E-state index contributed by atoms with van der Waals surface area (Å²) in [6.07, 6.45) is 15.2. The minimum atomic E-state index is -4.86. The molecule has 0 bridgehead atoms. The Morgan fingerprint density at radius 1 is 0.686 bits per heavy atom. The first-order valence-electron chi connectivity index (χ1n) is 23.0. The molecule has 0 radical (unpaired) electrons. The van der Waals surface area contributed by atoms with Gasteiger partial charge in [-0.1, -0.05) is 36.8 Å². The molecule has 2 atom stereocenters. The lowest BCUT2D eigenvalue weighted by molar-refractivity contribution is -0.442. The second-order valence-electron chi connectivity index (χ2n) is 17.1. The smallest absolute Gasteiger partial charge is 0.303 e. The maximum Gasteiger partial charge on any atom is 0.303 e. The molecule has 0 amide bonds. The van der Waals surface area contributed by atoms with Gasteiger partial charge in [-0.15, -0.1) is 0 Å². The van der Waals surface area contributed by atoms with Crippen LogP contribution in [-0.2, 0) is 74.4 Å². The third kappa shape index (κ3) is 17.3. The molecule has 4 rings (SSSR count). The van der Waals surface area contributed by atoms with Crippen LogP contribution in [-0.4, -0.2) is 159 Å². The molecule has 390 valence electrons. The fourth-order valence-corrected chi connectivity index (χ4v) is 10.1. The summed E-state index contributed by atoms with van der Waals surface area (Å²) in [5.74, 6) is -1.41. The topological polar surface area (TPSA) is 265 Å². The van der Waals surface area contributed by atoms with Gasteiger partial charge in [-0.2, -0.15) is 21.4 Å². The maximum absolute atomic E-state index is 12.2. The Morgan fingerprint density at radius 3 is 1.87 bits per heavy atom. The van der Waals surface area contributed by atoms with E-state index in [4.69, 9.17) is 33.5 Å². The molecule has 70 heavy (non-hydrogen) atoms. The summed E-state index contributed by atoms with van der Waals surface area (Å²) in [5, 5.41) is 9.14. The molecule has 0 aromatic heterocycles. The van der Waals surface area contributed by atoms with Gasteiger partial charge in [0.05, 0.1) is 73.8 Å². The van der Waals surface area contributed by atoms with Crippen LogP contribution in [0.5, 0.6) is 0 Å². The van der Waals surface area contributed by atoms with Gasteiger partial charge in [0.15, 0.2) is 12.3 Å². The van der Waals surface area contributed by atoms with Crippen molar-refractivity contribution >= 4 is 53.4 Å². The number of hydrogen-bond donors (Lipinski definition) is 3. The van der Waals surface area contributed by atoms with E-state index >= 15 is 0 Å². The Bertz CT molecular complexity index is 2560. The molecule has 19 nitrogen and oxygen atoms in total. The predicted molar refractivity (Wildman–Crippen MR) is 261 cm³/mol. The van der Waals surface area contributed by atoms with Gasteiger partial charge in [-0.25, -0.2) is 8.42 Å². The van der Waals surface area contributed by atoms with Gasteiger partial charge in [0.1, 0.15) is 16.7 Å². The van der Waals surface area contributed by atoms with Crippen molar-refractivity contribution in [1.82, 2.24) is 0 Å². The number of nitrogens with zero attached hydrogens (tertiary/aromatic N) is 2. The van der Waals surface area contributed by atoms with Crippen molar-refractivity contribution in [1.29, 1.82) is 0 Å². The van der Waals surface area contributed by atoms with Gasteiger partial charge >= 0.3 is 5.97 Å². The first-order valence-corrected chi connectivity index (χ1v) is 27.5. The zero-order valence-electron chi connectivity index (χ0n) is 40.3. The highest BCUT2D eigenvalue weighted by Crippen LogP contribution is 2.51. The van der Waals surface area contributed by atoms with Crippen molar-refractivity contribution in [2.24, 2.45) is 0 Å². The number of fused-ring (bicyclic) bond motifs is 2. The quantitative estimate of drug-likeness (QED) is 0.0334. The molecule has 0 fully saturated rings. The number of allylic oxidation sites excluding steroid dienone is 8. The standard InChI is InChI=1S/C48H68N2O17S3/c1-47(21-13-35-68(53,54)55)40-36-38(69(56,57)58)18-20-43(40)50(24-26-64-29-30-66-33-34-67-32-31-65-28-27-63-4)44(47)14-9-6-5-7-10-15-45-48(2,22-25-62-3)41-37-39(70(59,60)61)17-19-42(41)49(45)23-12-8-11-16-46(51)52/h5-7,9-10,14-15,17-20,36-37H,8,11-13,16,21-35H2,1-4H3,(H3-,51,52,53,54,55,56,57,58,59,60,61). The highest BCUT2D eigenvalue weighted by Gasteiger charge is 2.48. The van der Waals surface area contributed by atoms with Crippen LogP contribution in [0.3, 0.4) is 0 Å². The minimum Gasteiger partial charge on any atom is -0.744 e. The molecule has 0 aliphatic carbocycles. The summed E-state index contributed by atoms with van der Waals surface area (Å²) in [5.41, 5.74) is 2.30. The van der Waals surface area contributed by atoms with Gasteiger partial charge in [0.25, 0.3) is 20.2 Å². The molecule has 0 spiro atoms. The largest absolute Gasteiger partial charge is 0.744 e. The molecule has 2 unspecified atom stereocenters. The van der Waals surface area contributed by atoms with Gasteiger partial charge in [0, 0.05) is 68.3 Å². The fraction of sp³-hybridized carbons (Fsp3) is 0.542. The molecular weight excluding hydrogens is 973 g/mol. The van der Waals surface area contributed by atoms with Crippen LogP contribution in [0.2, 0.25) is 0 Å². The van der Waals surface area contributed by atoms with E-state index in [-0.39, 0.29) is 37.4 Å². The van der Waals surface area contributed by atoms with E-state index in [1.54, 1.807) is 50.7 Å². The third-order valence-corrected chi connectivity index (χ3v) is 14.6. The zero-order chi connectivity index (χ0) is 51.4. The fourth-order valence-electron chi connectivity index (χ4n) is 8.57. The number of hydrogen-bond acceptors (Lipinski definition) is 15. The number of carboxylic acids is 1. The van der Waals surface area contributed by atoms with Crippen molar-refractivity contribution in [2.75, 3.05) is 104 Å². The lowest BCUT2D eigenvalue weighted by atomic mass is 9.76. The van der Waals surface area contributed by atoms with Gasteiger partial charge in [0.2, 0.25) is 5.69 Å². The average Bonchev–Trinajstić information content (AvgIpc) is 3.66. The lowest BCUT2D eigenvalue weighted by Crippen LogP contribution is -2.32. The van der Waals surface area contributed by atoms with Crippen LogP contribution in [0.15, 0.2) is 94.4 Å². The molecule has 2 aliphatic heterocycles. The van der Waals surface area contributed by atoms with E-state index in [9.17, 15) is 43.7 Å². The van der Waals surface area contributed by atoms with E-state index in [0.29, 0.717) is 114 Å². The number of methoxy groups -OCH3 is 2. The number of anilines is 1. The summed E-state index contributed by atoms with van der Waals surface area (Å²) in [6, 6.07) is 8.60. The van der Waals surface area contributed by atoms with Crippen molar-refractivity contribution < 1.29 is 81.8 Å². The Morgan fingerprint density at radius 2 is 1.27 bits per heavy atom. The number of unbranched alkanes of at least 4 members (excludes halogenated alkanes) is 2. The van der Waals surface area contributed by atoms with E-state index in [2.05, 4.69) is 4.90 Å². The molecule has 22 heteroatoms. The van der Waals surface area contributed by atoms with Crippen LogP contribution < -0.4 is 4.90 Å². The predicted octanol–water partition coefficient (Wildman–Crippen LogP) is 5.59. The van der Waals surface area contributed by atoms with E-state index in [1.165, 1.54) is 24.3 Å². The van der Waals surface area contributed by atoms with Crippen LogP contribution >= 0.6 is 0 Å². The van der Waals surface area contributed by atoms with Gasteiger partial charge in [-0.05, 0) is 87.9 Å². The monoisotopic (exact) mass is 1040 g/mol. The minimum absolute atomic E-state index is 0.0175. The molecule has 0 saturated heterocycles. The van der Waals surface area contributed by atoms with Gasteiger partial charge in [-0.3, -0.25) is 13.9 Å². The Hall–Kier alpha value is -4.17. The van der Waals surface area contributed by atoms with Crippen molar-refractivity contribution in [3.8, 4) is 0 Å². The van der Waals surface area contributed by atoms with E-state index in [0.717, 1.165) is 11.4 Å². The number of carboxylic acid groups (broad SMARTS) is 1. The Kier molecular flexibility index (Phi) is 23.0. The summed E-state index contributed by atoms with van der Waals surface area (Å²) in [6.45, 7) is 8.34. The van der Waals surface area contributed by atoms with Crippen LogP contribution in [0.4, 0.5) is 11.4 Å². The number of benzene rings is 2. The van der Waals surface area contributed by atoms with Crippen molar-refractivity contribution in [2.45, 2.75) is 79.4 Å². The number of aliphatic carboxylic acids is 1. The van der Waals surface area contributed by atoms with Crippen molar-refractivity contribution in [3.63, 3.8) is 0 Å². The SMILES string of the molecule is COCCOCCOCCOCCOCC[N+]1=C(C=CC=CC=CC=C2N(CCCCCC(=O)O)c3ccc(S(=O)(=O)O)cc3C2(C)CCOC)C(C)(CCCS(=O)(=O)O)c2cc(S(=O)(=O)[O-])ccc21. The molecule has 2 aromatic carbocycles. The second-order valence-corrected chi connectivity index (χ2v) is 21.5. The number of ether oxygens (including phenoxy) is 6. The first-order chi connectivity index (χ1) is 33.2. The zero-order valence-corrected chi connectivity index (χ0v) is 42.8. The Labute approximate surface area is 412 Å². The molecule has 2 aromatic rings. The first kappa shape index (κ1) is 58.4. The summed E-state index contributed by atoms with van der Waals surface area (Å²) in [4.78, 5) is 12.6. The summed E-state index contributed by atoms with van der Waals surface area (Å²) >= 11 is 0. The maximum atomic E-state index is 12.2. The van der Waals surface area contributed by atoms with Crippen LogP contribution in [0.1, 0.15) is 69.9 Å². The summed E-state index contributed by atoms with van der Waals surface area (Å²) in [7, 11) is -10.5.